The Labute approximate surface area is 160 Å². The van der Waals surface area contributed by atoms with Crippen LogP contribution in [0.25, 0.3) is 0 Å². The summed E-state index contributed by atoms with van der Waals surface area (Å²) in [5.41, 5.74) is 0.640. The van der Waals surface area contributed by atoms with Crippen LogP contribution in [0.1, 0.15) is 10.4 Å². The number of carbonyl (C=O) groups excluding carboxylic acids is 1. The van der Waals surface area contributed by atoms with Crippen LogP contribution in [0.4, 0.5) is 21.5 Å². The molecule has 0 saturated heterocycles. The van der Waals surface area contributed by atoms with Crippen LogP contribution in [-0.2, 0) is 10.0 Å². The Balaban J connectivity index is 1.82. The molecule has 0 aliphatic heterocycles. The highest BCUT2D eigenvalue weighted by Gasteiger charge is 2.17. The lowest BCUT2D eigenvalue weighted by atomic mass is 10.2. The molecule has 3 aromatic rings. The highest BCUT2D eigenvalue weighted by Crippen LogP contribution is 2.20. The Bertz CT molecular complexity index is 1150. The fraction of sp³-hybridized carbons (Fsp3) is 0. The number of anilines is 2. The van der Waals surface area contributed by atoms with Crippen LogP contribution in [0, 0.1) is 10.7 Å². The second kappa shape index (κ2) is 7.97. The molecule has 0 aromatic heterocycles. The van der Waals surface area contributed by atoms with Gasteiger partial charge < -0.3 is 5.32 Å². The number of nitrogens with one attached hydrogen (secondary N) is 2. The van der Waals surface area contributed by atoms with Crippen molar-refractivity contribution < 1.29 is 17.6 Å². The third kappa shape index (κ3) is 4.57. The largest absolute Gasteiger partial charge is 0.322 e. The van der Waals surface area contributed by atoms with Gasteiger partial charge in [-0.1, -0.05) is 18.2 Å². The first-order valence-corrected chi connectivity index (χ1v) is 9.49. The Morgan fingerprint density at radius 3 is 2.36 bits per heavy atom. The smallest absolute Gasteiger partial charge is 0.261 e. The Kier molecular flexibility index (Phi) is 5.46. The predicted molar refractivity (Wildman–Crippen MR) is 104 cm³/mol. The maximum Gasteiger partial charge on any atom is 0.261 e. The van der Waals surface area contributed by atoms with Gasteiger partial charge in [0, 0.05) is 11.3 Å². The first-order valence-electron chi connectivity index (χ1n) is 8.00. The zero-order valence-corrected chi connectivity index (χ0v) is 15.1. The molecule has 7 nitrogen and oxygen atoms in total. The van der Waals surface area contributed by atoms with Crippen molar-refractivity contribution in [2.45, 2.75) is 4.90 Å². The lowest BCUT2D eigenvalue weighted by molar-refractivity contribution is 0.102. The number of amides is 1. The molecule has 3 aromatic carbocycles. The van der Waals surface area contributed by atoms with Crippen LogP contribution in [-0.4, -0.2) is 14.3 Å². The van der Waals surface area contributed by atoms with E-state index in [0.717, 1.165) is 6.07 Å². The van der Waals surface area contributed by atoms with E-state index in [-0.39, 0.29) is 21.8 Å². The summed E-state index contributed by atoms with van der Waals surface area (Å²) < 4.78 is 40.6. The number of sulfonamides is 1. The molecule has 0 radical (unpaired) electrons. The molecular formula is C19H14FN3O4S. The van der Waals surface area contributed by atoms with Gasteiger partial charge in [-0.15, -0.1) is 4.91 Å². The second-order valence-electron chi connectivity index (χ2n) is 5.74. The molecule has 0 spiro atoms. The molecule has 0 saturated carbocycles. The minimum atomic E-state index is -4.02. The van der Waals surface area contributed by atoms with E-state index in [9.17, 15) is 22.5 Å². The van der Waals surface area contributed by atoms with Gasteiger partial charge in [-0.2, -0.15) is 0 Å². The number of hydrogen-bond acceptors (Lipinski definition) is 5. The van der Waals surface area contributed by atoms with Gasteiger partial charge in [-0.05, 0) is 59.8 Å². The molecule has 0 fully saturated rings. The number of halogens is 1. The summed E-state index contributed by atoms with van der Waals surface area (Å²) in [7, 11) is -4.02. The highest BCUT2D eigenvalue weighted by atomic mass is 32.2. The standard InChI is InChI=1S/C19H14FN3O4S/c20-14-5-2-8-17(11-14)23-28(26,27)18-9-1-4-13(10-18)19(24)21-15-6-3-7-16(12-15)22-25/h1-12,23H,(H,21,24). The average molecular weight is 399 g/mol. The monoisotopic (exact) mass is 399 g/mol. The third-order valence-electron chi connectivity index (χ3n) is 3.69. The molecule has 0 atom stereocenters. The zero-order valence-electron chi connectivity index (χ0n) is 14.3. The summed E-state index contributed by atoms with van der Waals surface area (Å²) in [5.74, 6) is -1.15. The van der Waals surface area contributed by atoms with Crippen LogP contribution in [0.5, 0.6) is 0 Å². The third-order valence-corrected chi connectivity index (χ3v) is 5.07. The van der Waals surface area contributed by atoms with Crippen LogP contribution in [0.2, 0.25) is 0 Å². The molecule has 2 N–H and O–H groups in total. The lowest BCUT2D eigenvalue weighted by Gasteiger charge is -2.10. The Morgan fingerprint density at radius 2 is 1.61 bits per heavy atom. The summed E-state index contributed by atoms with van der Waals surface area (Å²) >= 11 is 0. The van der Waals surface area contributed by atoms with E-state index in [4.69, 9.17) is 0 Å². The normalized spacial score (nSPS) is 10.9. The second-order valence-corrected chi connectivity index (χ2v) is 7.42. The maximum absolute atomic E-state index is 13.3. The average Bonchev–Trinajstić information content (AvgIpc) is 2.68. The predicted octanol–water partition coefficient (Wildman–Crippen LogP) is 4.28. The first kappa shape index (κ1) is 19.2. The molecule has 1 amide bonds. The van der Waals surface area contributed by atoms with Crippen LogP contribution in [0.3, 0.4) is 0 Å². The first-order chi connectivity index (χ1) is 13.4. The van der Waals surface area contributed by atoms with Crippen molar-refractivity contribution in [3.8, 4) is 0 Å². The Hall–Kier alpha value is -3.59. The van der Waals surface area contributed by atoms with Crippen molar-refractivity contribution in [3.05, 3.63) is 89.1 Å². The van der Waals surface area contributed by atoms with Gasteiger partial charge in [0.2, 0.25) is 0 Å². The van der Waals surface area contributed by atoms with E-state index in [1.54, 1.807) is 12.1 Å². The molecular weight excluding hydrogens is 385 g/mol. The van der Waals surface area contributed by atoms with Crippen molar-refractivity contribution in [3.63, 3.8) is 0 Å². The van der Waals surface area contributed by atoms with Gasteiger partial charge >= 0.3 is 0 Å². The van der Waals surface area contributed by atoms with Crippen LogP contribution < -0.4 is 10.0 Å². The van der Waals surface area contributed by atoms with E-state index >= 15 is 0 Å². The quantitative estimate of drug-likeness (QED) is 0.604. The van der Waals surface area contributed by atoms with Crippen LogP contribution in [0.15, 0.2) is 82.9 Å². The fourth-order valence-corrected chi connectivity index (χ4v) is 3.51. The molecule has 3 rings (SSSR count). The van der Waals surface area contributed by atoms with Gasteiger partial charge in [0.15, 0.2) is 0 Å². The summed E-state index contributed by atoms with van der Waals surface area (Å²) in [5, 5.41) is 5.35. The van der Waals surface area contributed by atoms with E-state index in [1.165, 1.54) is 54.6 Å². The summed E-state index contributed by atoms with van der Waals surface area (Å²) in [4.78, 5) is 22.8. The Morgan fingerprint density at radius 1 is 0.893 bits per heavy atom. The summed E-state index contributed by atoms with van der Waals surface area (Å²) in [6, 6.07) is 16.4. The molecule has 0 unspecified atom stereocenters. The molecule has 0 heterocycles. The molecule has 0 aliphatic carbocycles. The van der Waals surface area contributed by atoms with Crippen molar-refractivity contribution in [2.24, 2.45) is 5.18 Å². The van der Waals surface area contributed by atoms with E-state index < -0.39 is 21.7 Å². The number of rotatable bonds is 6. The molecule has 0 aliphatic rings. The van der Waals surface area contributed by atoms with Crippen molar-refractivity contribution in [1.29, 1.82) is 0 Å². The summed E-state index contributed by atoms with van der Waals surface area (Å²) in [6.07, 6.45) is 0. The SMILES string of the molecule is O=Nc1cccc(NC(=O)c2cccc(S(=O)(=O)Nc3cccc(F)c3)c2)c1. The van der Waals surface area contributed by atoms with Crippen molar-refractivity contribution >= 4 is 33.0 Å². The van der Waals surface area contributed by atoms with Crippen molar-refractivity contribution in [2.75, 3.05) is 10.0 Å². The topological polar surface area (TPSA) is 105 Å². The molecule has 142 valence electrons. The van der Waals surface area contributed by atoms with Gasteiger partial charge in [0.1, 0.15) is 11.5 Å². The zero-order chi connectivity index (χ0) is 20.1. The highest BCUT2D eigenvalue weighted by molar-refractivity contribution is 7.92. The number of nitroso groups, excluding NO2 is 1. The fourth-order valence-electron chi connectivity index (χ4n) is 2.41. The minimum Gasteiger partial charge on any atom is -0.322 e. The van der Waals surface area contributed by atoms with E-state index in [1.807, 2.05) is 0 Å². The van der Waals surface area contributed by atoms with Crippen LogP contribution >= 0.6 is 0 Å². The van der Waals surface area contributed by atoms with Crippen molar-refractivity contribution in [1.82, 2.24) is 0 Å². The molecule has 28 heavy (non-hydrogen) atoms. The number of nitrogens with zero attached hydrogens (tertiary/aromatic N) is 1. The lowest BCUT2D eigenvalue weighted by Crippen LogP contribution is -2.16. The van der Waals surface area contributed by atoms with E-state index in [0.29, 0.717) is 5.69 Å². The van der Waals surface area contributed by atoms with Gasteiger partial charge in [0.05, 0.1) is 10.6 Å². The van der Waals surface area contributed by atoms with Gasteiger partial charge in [-0.25, -0.2) is 12.8 Å². The number of carbonyl (C=O) groups is 1. The number of benzene rings is 3. The maximum atomic E-state index is 13.3. The molecule has 9 heteroatoms. The van der Waals surface area contributed by atoms with E-state index in [2.05, 4.69) is 15.2 Å². The minimum absolute atomic E-state index is 0.0630. The molecule has 0 bridgehead atoms. The number of hydrogen-bond donors (Lipinski definition) is 2. The van der Waals surface area contributed by atoms with Gasteiger partial charge in [-0.3, -0.25) is 9.52 Å². The summed E-state index contributed by atoms with van der Waals surface area (Å²) in [6.45, 7) is 0. The van der Waals surface area contributed by atoms with Gasteiger partial charge in [0.25, 0.3) is 15.9 Å².